The fourth-order valence-corrected chi connectivity index (χ4v) is 5.21. The largest absolute Gasteiger partial charge is 0.247 e. The SMILES string of the molecule is CC(C)(C)Cc1cn(C(C)(C)CCC(C)(C)C2CCCCCc3c2nnn3C(C)(C)C)nn1. The fourth-order valence-electron chi connectivity index (χ4n) is 5.21. The lowest BCUT2D eigenvalue weighted by Crippen LogP contribution is -2.32. The van der Waals surface area contributed by atoms with Gasteiger partial charge in [-0.15, -0.1) is 10.2 Å². The first-order valence-electron chi connectivity index (χ1n) is 13.0. The van der Waals surface area contributed by atoms with Crippen LogP contribution in [0.1, 0.15) is 131 Å². The van der Waals surface area contributed by atoms with Gasteiger partial charge in [0.15, 0.2) is 0 Å². The number of hydrogen-bond donors (Lipinski definition) is 0. The fraction of sp³-hybridized carbons (Fsp3) is 0.852. The van der Waals surface area contributed by atoms with Crippen LogP contribution in [-0.4, -0.2) is 30.0 Å². The van der Waals surface area contributed by atoms with E-state index >= 15 is 0 Å². The normalized spacial score (nSPS) is 18.7. The maximum Gasteiger partial charge on any atom is 0.0895 e. The molecule has 0 N–H and O–H groups in total. The summed E-state index contributed by atoms with van der Waals surface area (Å²) in [5, 5.41) is 18.4. The molecule has 3 rings (SSSR count). The van der Waals surface area contributed by atoms with Crippen LogP contribution in [0.25, 0.3) is 0 Å². The molecule has 0 radical (unpaired) electrons. The maximum absolute atomic E-state index is 4.80. The molecule has 186 valence electrons. The topological polar surface area (TPSA) is 61.4 Å². The minimum Gasteiger partial charge on any atom is -0.247 e. The number of hydrogen-bond acceptors (Lipinski definition) is 4. The molecule has 2 aromatic heterocycles. The van der Waals surface area contributed by atoms with Crippen LogP contribution in [0, 0.1) is 10.8 Å². The number of nitrogens with zero attached hydrogens (tertiary/aromatic N) is 6. The van der Waals surface area contributed by atoms with E-state index in [0.717, 1.165) is 31.4 Å². The van der Waals surface area contributed by atoms with Crippen molar-refractivity contribution < 1.29 is 0 Å². The van der Waals surface area contributed by atoms with Crippen molar-refractivity contribution >= 4 is 0 Å². The Labute approximate surface area is 201 Å². The highest BCUT2D eigenvalue weighted by molar-refractivity contribution is 5.20. The second kappa shape index (κ2) is 9.14. The molecular formula is C27H48N6. The molecule has 0 aromatic carbocycles. The lowest BCUT2D eigenvalue weighted by molar-refractivity contribution is 0.182. The van der Waals surface area contributed by atoms with Crippen molar-refractivity contribution in [2.45, 2.75) is 138 Å². The van der Waals surface area contributed by atoms with E-state index in [1.165, 1.54) is 37.1 Å². The first-order chi connectivity index (χ1) is 15.1. The predicted molar refractivity (Wildman–Crippen MR) is 135 cm³/mol. The molecule has 1 aliphatic rings. The standard InChI is InChI=1S/C27H48N6/c1-24(2,3)18-20-19-32(30-28-20)27(9,10)17-16-26(7,8)21-14-12-11-13-15-22-23(21)29-31-33(22)25(4,5)6/h19,21H,11-18H2,1-10H3. The minimum atomic E-state index is -0.0755. The molecule has 1 unspecified atom stereocenters. The third-order valence-electron chi connectivity index (χ3n) is 7.36. The van der Waals surface area contributed by atoms with E-state index in [1.807, 2.05) is 0 Å². The molecule has 0 amide bonds. The summed E-state index contributed by atoms with van der Waals surface area (Å²) in [5.74, 6) is 0.437. The minimum absolute atomic E-state index is 0.0334. The van der Waals surface area contributed by atoms with Gasteiger partial charge in [0.25, 0.3) is 0 Å². The van der Waals surface area contributed by atoms with Crippen molar-refractivity contribution in [1.82, 2.24) is 30.0 Å². The molecule has 0 aliphatic heterocycles. The molecule has 1 aliphatic carbocycles. The van der Waals surface area contributed by atoms with Crippen molar-refractivity contribution in [2.75, 3.05) is 0 Å². The van der Waals surface area contributed by atoms with Crippen LogP contribution < -0.4 is 0 Å². The maximum atomic E-state index is 4.80. The highest BCUT2D eigenvalue weighted by Crippen LogP contribution is 2.46. The summed E-state index contributed by atoms with van der Waals surface area (Å²) in [4.78, 5) is 0. The summed E-state index contributed by atoms with van der Waals surface area (Å²) < 4.78 is 4.27. The van der Waals surface area contributed by atoms with E-state index in [-0.39, 0.29) is 21.9 Å². The lowest BCUT2D eigenvalue weighted by atomic mass is 9.69. The van der Waals surface area contributed by atoms with Crippen LogP contribution in [0.3, 0.4) is 0 Å². The summed E-state index contributed by atoms with van der Waals surface area (Å²) in [7, 11) is 0. The van der Waals surface area contributed by atoms with Gasteiger partial charge in [-0.05, 0) is 84.0 Å². The Bertz CT molecular complexity index is 919. The predicted octanol–water partition coefficient (Wildman–Crippen LogP) is 6.66. The van der Waals surface area contributed by atoms with Gasteiger partial charge in [0.2, 0.25) is 0 Å². The number of rotatable bonds is 6. The molecule has 6 heteroatoms. The van der Waals surface area contributed by atoms with Gasteiger partial charge in [-0.2, -0.15) is 0 Å². The van der Waals surface area contributed by atoms with Crippen LogP contribution in [0.2, 0.25) is 0 Å². The molecule has 33 heavy (non-hydrogen) atoms. The average Bonchev–Trinajstić information content (AvgIpc) is 3.26. The van der Waals surface area contributed by atoms with Gasteiger partial charge in [-0.25, -0.2) is 9.36 Å². The zero-order valence-corrected chi connectivity index (χ0v) is 23.0. The number of fused-ring (bicyclic) bond motifs is 1. The highest BCUT2D eigenvalue weighted by atomic mass is 15.5. The van der Waals surface area contributed by atoms with Crippen molar-refractivity contribution in [1.29, 1.82) is 0 Å². The molecule has 0 spiro atoms. The van der Waals surface area contributed by atoms with Crippen molar-refractivity contribution in [3.63, 3.8) is 0 Å². The average molecular weight is 457 g/mol. The highest BCUT2D eigenvalue weighted by Gasteiger charge is 2.38. The monoisotopic (exact) mass is 456 g/mol. The summed E-state index contributed by atoms with van der Waals surface area (Å²) in [5.41, 5.74) is 3.94. The Balaban J connectivity index is 1.79. The van der Waals surface area contributed by atoms with Gasteiger partial charge in [0.05, 0.1) is 28.2 Å². The first kappa shape index (κ1) is 25.9. The van der Waals surface area contributed by atoms with E-state index < -0.39 is 0 Å². The lowest BCUT2D eigenvalue weighted by Gasteiger charge is -2.38. The molecule has 1 atom stereocenters. The van der Waals surface area contributed by atoms with E-state index in [2.05, 4.69) is 100 Å². The van der Waals surface area contributed by atoms with Crippen molar-refractivity contribution in [3.05, 3.63) is 23.3 Å². The summed E-state index contributed by atoms with van der Waals surface area (Å²) in [6, 6.07) is 0. The van der Waals surface area contributed by atoms with Crippen LogP contribution in [-0.2, 0) is 23.9 Å². The van der Waals surface area contributed by atoms with Crippen LogP contribution in [0.4, 0.5) is 0 Å². The summed E-state index contributed by atoms with van der Waals surface area (Å²) in [6.07, 6.45) is 11.4. The Morgan fingerprint density at radius 2 is 1.55 bits per heavy atom. The van der Waals surface area contributed by atoms with Gasteiger partial charge in [0, 0.05) is 12.1 Å². The first-order valence-corrected chi connectivity index (χ1v) is 13.0. The van der Waals surface area contributed by atoms with Crippen molar-refractivity contribution in [3.8, 4) is 0 Å². The molecule has 2 heterocycles. The van der Waals surface area contributed by atoms with Gasteiger partial charge in [0.1, 0.15) is 0 Å². The third kappa shape index (κ3) is 6.24. The summed E-state index contributed by atoms with van der Waals surface area (Å²) >= 11 is 0. The van der Waals surface area contributed by atoms with Gasteiger partial charge in [-0.1, -0.05) is 57.9 Å². The molecule has 0 saturated carbocycles. The van der Waals surface area contributed by atoms with E-state index in [4.69, 9.17) is 5.10 Å². The van der Waals surface area contributed by atoms with Crippen LogP contribution in [0.5, 0.6) is 0 Å². The van der Waals surface area contributed by atoms with Gasteiger partial charge < -0.3 is 0 Å². The molecule has 0 saturated heterocycles. The molecule has 0 fully saturated rings. The Kier molecular flexibility index (Phi) is 7.18. The second-order valence-electron chi connectivity index (χ2n) is 13.8. The van der Waals surface area contributed by atoms with Crippen molar-refractivity contribution in [2.24, 2.45) is 10.8 Å². The zero-order valence-electron chi connectivity index (χ0n) is 23.0. The van der Waals surface area contributed by atoms with Crippen LogP contribution in [0.15, 0.2) is 6.20 Å². The Morgan fingerprint density at radius 1 is 0.848 bits per heavy atom. The quantitative estimate of drug-likeness (QED) is 0.488. The third-order valence-corrected chi connectivity index (χ3v) is 7.36. The molecular weight excluding hydrogens is 408 g/mol. The Hall–Kier alpha value is -1.72. The zero-order chi connectivity index (χ0) is 24.7. The molecule has 6 nitrogen and oxygen atoms in total. The molecule has 2 aromatic rings. The second-order valence-corrected chi connectivity index (χ2v) is 13.8. The molecule has 0 bridgehead atoms. The van der Waals surface area contributed by atoms with Gasteiger partial charge >= 0.3 is 0 Å². The Morgan fingerprint density at radius 3 is 2.18 bits per heavy atom. The van der Waals surface area contributed by atoms with E-state index in [0.29, 0.717) is 5.92 Å². The summed E-state index contributed by atoms with van der Waals surface area (Å²) in [6.45, 7) is 22.9. The smallest absolute Gasteiger partial charge is 0.0895 e. The van der Waals surface area contributed by atoms with Crippen LogP contribution >= 0.6 is 0 Å². The van der Waals surface area contributed by atoms with E-state index in [9.17, 15) is 0 Å². The van der Waals surface area contributed by atoms with E-state index in [1.54, 1.807) is 0 Å². The van der Waals surface area contributed by atoms with Gasteiger partial charge in [-0.3, -0.25) is 0 Å². The number of aromatic nitrogens is 6.